The number of oxime groups is 1. The summed E-state index contributed by atoms with van der Waals surface area (Å²) in [5, 5.41) is 12.4. The van der Waals surface area contributed by atoms with Gasteiger partial charge in [-0.2, -0.15) is 0 Å². The van der Waals surface area contributed by atoms with Crippen molar-refractivity contribution in [2.45, 2.75) is 12.8 Å². The highest BCUT2D eigenvalue weighted by molar-refractivity contribution is 6.39. The Labute approximate surface area is 126 Å². The minimum absolute atomic E-state index is 0.00534. The van der Waals surface area contributed by atoms with E-state index in [1.165, 1.54) is 0 Å². The second-order valence-corrected chi connectivity index (χ2v) is 5.50. The summed E-state index contributed by atoms with van der Waals surface area (Å²) in [4.78, 5) is 14.1. The highest BCUT2D eigenvalue weighted by Crippen LogP contribution is 2.27. The topological polar surface area (TPSA) is 78.9 Å². The van der Waals surface area contributed by atoms with Gasteiger partial charge in [0.2, 0.25) is 0 Å². The van der Waals surface area contributed by atoms with Gasteiger partial charge in [-0.1, -0.05) is 34.4 Å². The first-order chi connectivity index (χ1) is 9.54. The summed E-state index contributed by atoms with van der Waals surface area (Å²) < 4.78 is 0. The molecule has 3 N–H and O–H groups in total. The lowest BCUT2D eigenvalue weighted by Gasteiger charge is -2.31. The van der Waals surface area contributed by atoms with Gasteiger partial charge in [0.1, 0.15) is 5.84 Å². The number of piperidine rings is 1. The number of halogens is 2. The van der Waals surface area contributed by atoms with E-state index in [-0.39, 0.29) is 17.7 Å². The summed E-state index contributed by atoms with van der Waals surface area (Å²) >= 11 is 12.1. The number of carbonyl (C=O) groups is 1. The molecule has 1 aliphatic heterocycles. The Morgan fingerprint density at radius 3 is 2.35 bits per heavy atom. The molecule has 0 aromatic heterocycles. The molecule has 0 unspecified atom stereocenters. The Balaban J connectivity index is 2.09. The van der Waals surface area contributed by atoms with Crippen LogP contribution in [0.5, 0.6) is 0 Å². The van der Waals surface area contributed by atoms with Gasteiger partial charge in [0.05, 0.1) is 15.6 Å². The van der Waals surface area contributed by atoms with Gasteiger partial charge in [0, 0.05) is 19.0 Å². The molecule has 5 nitrogen and oxygen atoms in total. The van der Waals surface area contributed by atoms with Crippen LogP contribution in [0.3, 0.4) is 0 Å². The largest absolute Gasteiger partial charge is 0.409 e. The van der Waals surface area contributed by atoms with Crippen LogP contribution in [0.25, 0.3) is 0 Å². The molecule has 1 aromatic carbocycles. The fourth-order valence-corrected chi connectivity index (χ4v) is 2.88. The average molecular weight is 316 g/mol. The Morgan fingerprint density at radius 2 is 1.85 bits per heavy atom. The number of nitrogens with two attached hydrogens (primary N) is 1. The van der Waals surface area contributed by atoms with E-state index in [4.69, 9.17) is 34.1 Å². The van der Waals surface area contributed by atoms with Crippen LogP contribution in [-0.2, 0) is 0 Å². The normalized spacial score (nSPS) is 17.3. The van der Waals surface area contributed by atoms with Crippen molar-refractivity contribution in [1.29, 1.82) is 0 Å². The molecule has 1 amide bonds. The SMILES string of the molecule is NC(=NO)C1CCN(C(=O)c2c(Cl)cccc2Cl)CC1. The number of rotatable bonds is 2. The monoisotopic (exact) mass is 315 g/mol. The predicted octanol–water partition coefficient (Wildman–Crippen LogP) is 2.59. The zero-order chi connectivity index (χ0) is 14.7. The summed E-state index contributed by atoms with van der Waals surface area (Å²) in [6.07, 6.45) is 1.31. The third-order valence-electron chi connectivity index (χ3n) is 3.49. The van der Waals surface area contributed by atoms with E-state index in [2.05, 4.69) is 5.16 Å². The van der Waals surface area contributed by atoms with Crippen molar-refractivity contribution in [3.63, 3.8) is 0 Å². The maximum atomic E-state index is 12.4. The molecule has 0 aliphatic carbocycles. The van der Waals surface area contributed by atoms with Crippen LogP contribution in [0.4, 0.5) is 0 Å². The van der Waals surface area contributed by atoms with Gasteiger partial charge in [0.15, 0.2) is 0 Å². The molecule has 7 heteroatoms. The second kappa shape index (κ2) is 6.33. The summed E-state index contributed by atoms with van der Waals surface area (Å²) in [6.45, 7) is 1.06. The van der Waals surface area contributed by atoms with Gasteiger partial charge in [-0.05, 0) is 25.0 Å². The summed E-state index contributed by atoms with van der Waals surface area (Å²) in [5.41, 5.74) is 5.91. The van der Waals surface area contributed by atoms with E-state index in [1.807, 2.05) is 0 Å². The number of hydrogen-bond donors (Lipinski definition) is 2. The molecular weight excluding hydrogens is 301 g/mol. The van der Waals surface area contributed by atoms with E-state index in [0.29, 0.717) is 41.5 Å². The van der Waals surface area contributed by atoms with E-state index in [1.54, 1.807) is 23.1 Å². The van der Waals surface area contributed by atoms with Crippen molar-refractivity contribution in [3.05, 3.63) is 33.8 Å². The maximum absolute atomic E-state index is 12.4. The van der Waals surface area contributed by atoms with Gasteiger partial charge in [-0.3, -0.25) is 4.79 Å². The molecule has 0 saturated carbocycles. The lowest BCUT2D eigenvalue weighted by atomic mass is 9.95. The number of hydrogen-bond acceptors (Lipinski definition) is 3. The number of likely N-dealkylation sites (tertiary alicyclic amines) is 1. The van der Waals surface area contributed by atoms with Crippen LogP contribution >= 0.6 is 23.2 Å². The zero-order valence-electron chi connectivity index (χ0n) is 10.7. The quantitative estimate of drug-likeness (QED) is 0.381. The number of amides is 1. The minimum atomic E-state index is -0.182. The van der Waals surface area contributed by atoms with Crippen molar-refractivity contribution in [1.82, 2.24) is 4.90 Å². The van der Waals surface area contributed by atoms with E-state index in [0.717, 1.165) is 0 Å². The summed E-state index contributed by atoms with van der Waals surface area (Å²) in [5.74, 6) is 0.0391. The van der Waals surface area contributed by atoms with Gasteiger partial charge < -0.3 is 15.8 Å². The Bertz CT molecular complexity index is 520. The molecule has 0 spiro atoms. The molecule has 1 aromatic rings. The minimum Gasteiger partial charge on any atom is -0.409 e. The van der Waals surface area contributed by atoms with Crippen molar-refractivity contribution < 1.29 is 10.0 Å². The van der Waals surface area contributed by atoms with E-state index >= 15 is 0 Å². The highest BCUT2D eigenvalue weighted by Gasteiger charge is 2.27. The Hall–Kier alpha value is -1.46. The molecule has 2 rings (SSSR count). The lowest BCUT2D eigenvalue weighted by Crippen LogP contribution is -2.42. The van der Waals surface area contributed by atoms with Crippen LogP contribution in [0.1, 0.15) is 23.2 Å². The molecule has 0 bridgehead atoms. The van der Waals surface area contributed by atoms with Crippen LogP contribution in [0.2, 0.25) is 10.0 Å². The molecule has 1 heterocycles. The van der Waals surface area contributed by atoms with Gasteiger partial charge >= 0.3 is 0 Å². The zero-order valence-corrected chi connectivity index (χ0v) is 12.2. The molecular formula is C13H15Cl2N3O2. The fourth-order valence-electron chi connectivity index (χ4n) is 2.32. The van der Waals surface area contributed by atoms with Gasteiger partial charge in [-0.15, -0.1) is 0 Å². The van der Waals surface area contributed by atoms with E-state index in [9.17, 15) is 4.79 Å². The highest BCUT2D eigenvalue weighted by atomic mass is 35.5. The Kier molecular flexibility index (Phi) is 4.73. The number of carbonyl (C=O) groups excluding carboxylic acids is 1. The maximum Gasteiger partial charge on any atom is 0.256 e. The molecule has 20 heavy (non-hydrogen) atoms. The molecule has 1 aliphatic rings. The van der Waals surface area contributed by atoms with Crippen molar-refractivity contribution in [3.8, 4) is 0 Å². The molecule has 1 fully saturated rings. The third kappa shape index (κ3) is 2.99. The predicted molar refractivity (Wildman–Crippen MR) is 78.5 cm³/mol. The molecule has 1 saturated heterocycles. The smallest absolute Gasteiger partial charge is 0.256 e. The Morgan fingerprint density at radius 1 is 1.30 bits per heavy atom. The first kappa shape index (κ1) is 14.9. The third-order valence-corrected chi connectivity index (χ3v) is 4.12. The standard InChI is InChI=1S/C13H15Cl2N3O2/c14-9-2-1-3-10(15)11(9)13(19)18-6-4-8(5-7-18)12(16)17-20/h1-3,8,20H,4-7H2,(H2,16,17). The van der Waals surface area contributed by atoms with Crippen LogP contribution in [-0.4, -0.2) is 34.9 Å². The average Bonchev–Trinajstić information content (AvgIpc) is 2.46. The van der Waals surface area contributed by atoms with Gasteiger partial charge in [-0.25, -0.2) is 0 Å². The van der Waals surface area contributed by atoms with Crippen LogP contribution < -0.4 is 5.73 Å². The second-order valence-electron chi connectivity index (χ2n) is 4.69. The van der Waals surface area contributed by atoms with Gasteiger partial charge in [0.25, 0.3) is 5.91 Å². The number of benzene rings is 1. The molecule has 0 radical (unpaired) electrons. The lowest BCUT2D eigenvalue weighted by molar-refractivity contribution is 0.0709. The summed E-state index contributed by atoms with van der Waals surface area (Å²) in [7, 11) is 0. The van der Waals surface area contributed by atoms with Crippen molar-refractivity contribution in [2.75, 3.05) is 13.1 Å². The van der Waals surface area contributed by atoms with Crippen molar-refractivity contribution >= 4 is 34.9 Å². The van der Waals surface area contributed by atoms with E-state index < -0.39 is 0 Å². The number of amidine groups is 1. The first-order valence-corrected chi connectivity index (χ1v) is 7.01. The fraction of sp³-hybridized carbons (Fsp3) is 0.385. The summed E-state index contributed by atoms with van der Waals surface area (Å²) in [6, 6.07) is 4.99. The number of nitrogens with zero attached hydrogens (tertiary/aromatic N) is 2. The van der Waals surface area contributed by atoms with Crippen LogP contribution in [0, 0.1) is 5.92 Å². The first-order valence-electron chi connectivity index (χ1n) is 6.25. The molecule has 0 atom stereocenters. The van der Waals surface area contributed by atoms with Crippen LogP contribution in [0.15, 0.2) is 23.4 Å². The molecule has 108 valence electrons. The van der Waals surface area contributed by atoms with Crippen molar-refractivity contribution in [2.24, 2.45) is 16.8 Å².